The lowest BCUT2D eigenvalue weighted by Crippen LogP contribution is -2.50. The van der Waals surface area contributed by atoms with E-state index in [1.165, 1.54) is 35.7 Å². The normalized spacial score (nSPS) is 19.1. The molecule has 1 N–H and O–H groups in total. The molecule has 8 heteroatoms. The van der Waals surface area contributed by atoms with Crippen LogP contribution >= 0.6 is 11.3 Å². The van der Waals surface area contributed by atoms with E-state index in [9.17, 15) is 8.78 Å². The number of thiazole rings is 1. The number of rotatable bonds is 5. The first-order chi connectivity index (χ1) is 14.1. The highest BCUT2D eigenvalue weighted by Crippen LogP contribution is 2.41. The fourth-order valence-electron chi connectivity index (χ4n) is 3.91. The number of anilines is 1. The van der Waals surface area contributed by atoms with Crippen molar-refractivity contribution >= 4 is 26.7 Å². The predicted molar refractivity (Wildman–Crippen MR) is 107 cm³/mol. The summed E-state index contributed by atoms with van der Waals surface area (Å²) in [6.45, 7) is 1.32. The summed E-state index contributed by atoms with van der Waals surface area (Å²) in [6.07, 6.45) is 5.45. The van der Waals surface area contributed by atoms with E-state index in [4.69, 9.17) is 9.47 Å². The van der Waals surface area contributed by atoms with Gasteiger partial charge < -0.3 is 14.8 Å². The van der Waals surface area contributed by atoms with Crippen molar-refractivity contribution in [2.24, 2.45) is 0 Å². The van der Waals surface area contributed by atoms with Gasteiger partial charge in [0.05, 0.1) is 16.4 Å². The molecule has 5 nitrogen and oxygen atoms in total. The third kappa shape index (κ3) is 3.79. The number of fused-ring (bicyclic) bond motifs is 1. The van der Waals surface area contributed by atoms with Gasteiger partial charge in [0.25, 0.3) is 0 Å². The topological polar surface area (TPSA) is 56.3 Å². The maximum atomic E-state index is 13.9. The van der Waals surface area contributed by atoms with Crippen molar-refractivity contribution < 1.29 is 18.3 Å². The Balaban J connectivity index is 1.41. The third-order valence-corrected chi connectivity index (χ3v) is 6.60. The molecular formula is C21H21F2N3O2S. The molecule has 0 bridgehead atoms. The first kappa shape index (κ1) is 18.7. The summed E-state index contributed by atoms with van der Waals surface area (Å²) >= 11 is 1.46. The standard InChI is InChI=1S/C21H21F2N3O2S/c22-14-2-3-18-17(11-14)25-20(29-18)26-21(6-1-7-21)28-19-16(10-15(23)12-24-19)13-4-8-27-9-5-13/h2-3,10-13H,1,4-9H2,(H,25,26). The van der Waals surface area contributed by atoms with E-state index >= 15 is 0 Å². The molecule has 1 saturated heterocycles. The minimum atomic E-state index is -0.628. The quantitative estimate of drug-likeness (QED) is 0.576. The predicted octanol–water partition coefficient (Wildman–Crippen LogP) is 5.23. The van der Waals surface area contributed by atoms with Gasteiger partial charge in [0.2, 0.25) is 5.88 Å². The van der Waals surface area contributed by atoms with Crippen molar-refractivity contribution in [1.29, 1.82) is 0 Å². The number of ether oxygens (including phenoxy) is 2. The molecule has 29 heavy (non-hydrogen) atoms. The summed E-state index contributed by atoms with van der Waals surface area (Å²) in [5, 5.41) is 4.08. The second kappa shape index (κ2) is 7.50. The first-order valence-electron chi connectivity index (χ1n) is 9.87. The number of hydrogen-bond acceptors (Lipinski definition) is 6. The summed E-state index contributed by atoms with van der Waals surface area (Å²) in [4.78, 5) is 8.77. The minimum Gasteiger partial charge on any atom is -0.451 e. The van der Waals surface area contributed by atoms with Crippen LogP contribution in [0.25, 0.3) is 10.2 Å². The van der Waals surface area contributed by atoms with Gasteiger partial charge in [0, 0.05) is 37.7 Å². The molecule has 2 aromatic heterocycles. The number of nitrogens with zero attached hydrogens (tertiary/aromatic N) is 2. The summed E-state index contributed by atoms with van der Waals surface area (Å²) < 4.78 is 40.1. The highest BCUT2D eigenvalue weighted by Gasteiger charge is 2.41. The van der Waals surface area contributed by atoms with Crippen LogP contribution in [-0.2, 0) is 4.74 Å². The molecule has 2 fully saturated rings. The van der Waals surface area contributed by atoms with Gasteiger partial charge >= 0.3 is 0 Å². The second-order valence-electron chi connectivity index (χ2n) is 7.64. The van der Waals surface area contributed by atoms with Crippen LogP contribution in [0.3, 0.4) is 0 Å². The smallest absolute Gasteiger partial charge is 0.219 e. The molecule has 152 valence electrons. The van der Waals surface area contributed by atoms with Gasteiger partial charge in [-0.1, -0.05) is 11.3 Å². The Morgan fingerprint density at radius 2 is 1.97 bits per heavy atom. The molecular weight excluding hydrogens is 396 g/mol. The van der Waals surface area contributed by atoms with Gasteiger partial charge in [-0.2, -0.15) is 0 Å². The monoisotopic (exact) mass is 417 g/mol. The van der Waals surface area contributed by atoms with Crippen molar-refractivity contribution in [2.45, 2.75) is 43.7 Å². The van der Waals surface area contributed by atoms with Gasteiger partial charge in [-0.15, -0.1) is 0 Å². The van der Waals surface area contributed by atoms with E-state index in [0.717, 1.165) is 42.4 Å². The number of hydrogen-bond donors (Lipinski definition) is 1. The van der Waals surface area contributed by atoms with Crippen molar-refractivity contribution in [1.82, 2.24) is 9.97 Å². The fourth-order valence-corrected chi connectivity index (χ4v) is 4.85. The Labute approximate surface area is 171 Å². The van der Waals surface area contributed by atoms with Gasteiger partial charge in [0.15, 0.2) is 10.9 Å². The summed E-state index contributed by atoms with van der Waals surface area (Å²) in [7, 11) is 0. The van der Waals surface area contributed by atoms with Crippen LogP contribution in [0.15, 0.2) is 30.5 Å². The molecule has 0 radical (unpaired) electrons. The molecule has 0 atom stereocenters. The van der Waals surface area contributed by atoms with E-state index in [0.29, 0.717) is 29.7 Å². The Morgan fingerprint density at radius 1 is 1.14 bits per heavy atom. The lowest BCUT2D eigenvalue weighted by atomic mass is 9.87. The molecule has 5 rings (SSSR count). The largest absolute Gasteiger partial charge is 0.451 e. The van der Waals surface area contributed by atoms with Crippen LogP contribution < -0.4 is 10.1 Å². The molecule has 0 amide bonds. The zero-order valence-corrected chi connectivity index (χ0v) is 16.6. The number of halogens is 2. The van der Waals surface area contributed by atoms with Crippen LogP contribution in [0.5, 0.6) is 5.88 Å². The molecule has 1 aromatic carbocycles. The Bertz CT molecular complexity index is 1030. The fraction of sp³-hybridized carbons (Fsp3) is 0.429. The molecule has 1 aliphatic heterocycles. The van der Waals surface area contributed by atoms with Crippen LogP contribution in [0.2, 0.25) is 0 Å². The maximum absolute atomic E-state index is 13.9. The van der Waals surface area contributed by atoms with Gasteiger partial charge in [0.1, 0.15) is 11.6 Å². The van der Waals surface area contributed by atoms with Gasteiger partial charge in [-0.05, 0) is 43.4 Å². The molecule has 0 unspecified atom stereocenters. The van der Waals surface area contributed by atoms with Crippen LogP contribution in [0, 0.1) is 11.6 Å². The number of pyridine rings is 1. The number of nitrogens with one attached hydrogen (secondary N) is 1. The van der Waals surface area contributed by atoms with Crippen LogP contribution in [0.4, 0.5) is 13.9 Å². The van der Waals surface area contributed by atoms with Crippen LogP contribution in [-0.4, -0.2) is 28.9 Å². The first-order valence-corrected chi connectivity index (χ1v) is 10.7. The number of aromatic nitrogens is 2. The SMILES string of the molecule is Fc1cnc(OC2(Nc3nc4cc(F)ccc4s3)CCC2)c(C2CCOCC2)c1. The highest BCUT2D eigenvalue weighted by molar-refractivity contribution is 7.22. The Kier molecular flexibility index (Phi) is 4.83. The van der Waals surface area contributed by atoms with Crippen molar-refractivity contribution in [3.8, 4) is 5.88 Å². The third-order valence-electron chi connectivity index (χ3n) is 5.64. The van der Waals surface area contributed by atoms with Gasteiger partial charge in [-0.3, -0.25) is 0 Å². The zero-order valence-electron chi connectivity index (χ0n) is 15.8. The summed E-state index contributed by atoms with van der Waals surface area (Å²) in [6, 6.07) is 6.12. The lowest BCUT2D eigenvalue weighted by molar-refractivity contribution is 0.0138. The second-order valence-corrected chi connectivity index (χ2v) is 8.67. The summed E-state index contributed by atoms with van der Waals surface area (Å²) in [5.74, 6) is -0.0228. The minimum absolute atomic E-state index is 0.171. The average molecular weight is 417 g/mol. The highest BCUT2D eigenvalue weighted by atomic mass is 32.1. The van der Waals surface area contributed by atoms with Crippen molar-refractivity contribution in [2.75, 3.05) is 18.5 Å². The Hall–Kier alpha value is -2.32. The van der Waals surface area contributed by atoms with Crippen molar-refractivity contribution in [3.63, 3.8) is 0 Å². The lowest BCUT2D eigenvalue weighted by Gasteiger charge is -2.42. The summed E-state index contributed by atoms with van der Waals surface area (Å²) in [5.41, 5.74) is 0.791. The van der Waals surface area contributed by atoms with E-state index in [1.807, 2.05) is 0 Å². The van der Waals surface area contributed by atoms with Crippen molar-refractivity contribution in [3.05, 3.63) is 47.7 Å². The van der Waals surface area contributed by atoms with Crippen LogP contribution in [0.1, 0.15) is 43.6 Å². The van der Waals surface area contributed by atoms with E-state index in [2.05, 4.69) is 15.3 Å². The average Bonchev–Trinajstić information content (AvgIpc) is 3.09. The molecule has 3 heterocycles. The van der Waals surface area contributed by atoms with E-state index in [1.54, 1.807) is 6.07 Å². The molecule has 3 aromatic rings. The zero-order chi connectivity index (χ0) is 19.8. The van der Waals surface area contributed by atoms with Gasteiger partial charge in [-0.25, -0.2) is 18.7 Å². The molecule has 2 aliphatic rings. The number of benzene rings is 1. The molecule has 1 saturated carbocycles. The van der Waals surface area contributed by atoms with E-state index < -0.39 is 5.72 Å². The van der Waals surface area contributed by atoms with E-state index in [-0.39, 0.29) is 17.6 Å². The molecule has 0 spiro atoms. The Morgan fingerprint density at radius 3 is 2.72 bits per heavy atom. The molecule has 1 aliphatic carbocycles. The maximum Gasteiger partial charge on any atom is 0.219 e.